The molecule has 2 aliphatic heterocycles. The van der Waals surface area contributed by atoms with E-state index in [0.29, 0.717) is 31.2 Å². The van der Waals surface area contributed by atoms with E-state index in [1.54, 1.807) is 30.6 Å². The SMILES string of the molecule is CCC/C(=C\c1ccc(O)cc1Cl)CC[C@H]1OC[C@H]2C1=C(COC)C[C@H]1C(=O)N(Cc3cccs3)C(=O)[C@H]12. The van der Waals surface area contributed by atoms with Crippen LogP contribution in [0.3, 0.4) is 0 Å². The first-order valence-corrected chi connectivity index (χ1v) is 14.5. The molecule has 0 unspecified atom stereocenters. The van der Waals surface area contributed by atoms with Crippen molar-refractivity contribution < 1.29 is 24.2 Å². The Hall–Kier alpha value is -2.45. The van der Waals surface area contributed by atoms with Gasteiger partial charge in [0.2, 0.25) is 11.8 Å². The van der Waals surface area contributed by atoms with Crippen LogP contribution in [0, 0.1) is 17.8 Å². The van der Waals surface area contributed by atoms with Crippen molar-refractivity contribution in [1.82, 2.24) is 4.90 Å². The van der Waals surface area contributed by atoms with Gasteiger partial charge in [0, 0.05) is 17.9 Å². The molecule has 2 aromatic rings. The van der Waals surface area contributed by atoms with Crippen LogP contribution in [0.15, 0.2) is 52.4 Å². The number of carbonyl (C=O) groups excluding carboxylic acids is 2. The third kappa shape index (κ3) is 5.34. The molecular weight excluding hydrogens is 522 g/mol. The first-order valence-electron chi connectivity index (χ1n) is 13.3. The fourth-order valence-electron chi connectivity index (χ4n) is 6.32. The van der Waals surface area contributed by atoms with E-state index in [-0.39, 0.29) is 41.4 Å². The molecular formula is C30H34ClNO5S. The van der Waals surface area contributed by atoms with Crippen molar-refractivity contribution in [3.8, 4) is 5.75 Å². The van der Waals surface area contributed by atoms with Crippen molar-refractivity contribution in [1.29, 1.82) is 0 Å². The lowest BCUT2D eigenvalue weighted by molar-refractivity contribution is -0.140. The number of fused-ring (bicyclic) bond motifs is 3. The molecule has 0 radical (unpaired) electrons. The van der Waals surface area contributed by atoms with E-state index >= 15 is 0 Å². The fourth-order valence-corrected chi connectivity index (χ4v) is 7.24. The molecule has 1 aliphatic carbocycles. The van der Waals surface area contributed by atoms with Crippen LogP contribution in [-0.2, 0) is 25.6 Å². The molecule has 1 aromatic carbocycles. The largest absolute Gasteiger partial charge is 0.508 e. The molecule has 1 N–H and O–H groups in total. The highest BCUT2D eigenvalue weighted by atomic mass is 35.5. The van der Waals surface area contributed by atoms with Gasteiger partial charge in [0.15, 0.2) is 0 Å². The summed E-state index contributed by atoms with van der Waals surface area (Å²) in [5, 5.41) is 12.2. The molecule has 0 saturated carbocycles. The average Bonchev–Trinajstić information content (AvgIpc) is 3.61. The minimum Gasteiger partial charge on any atom is -0.508 e. The molecule has 2 amide bonds. The predicted octanol–water partition coefficient (Wildman–Crippen LogP) is 6.23. The number of likely N-dealkylation sites (tertiary alicyclic amines) is 1. The Balaban J connectivity index is 1.36. The molecule has 3 aliphatic rings. The summed E-state index contributed by atoms with van der Waals surface area (Å²) in [6.45, 7) is 3.40. The predicted molar refractivity (Wildman–Crippen MR) is 149 cm³/mol. The van der Waals surface area contributed by atoms with E-state index in [0.717, 1.165) is 41.7 Å². The van der Waals surface area contributed by atoms with Crippen LogP contribution in [-0.4, -0.2) is 48.2 Å². The zero-order valence-electron chi connectivity index (χ0n) is 21.8. The zero-order chi connectivity index (χ0) is 26.8. The smallest absolute Gasteiger partial charge is 0.234 e. The van der Waals surface area contributed by atoms with Crippen LogP contribution < -0.4 is 0 Å². The molecule has 3 heterocycles. The van der Waals surface area contributed by atoms with Gasteiger partial charge in [-0.05, 0) is 72.0 Å². The van der Waals surface area contributed by atoms with Gasteiger partial charge in [0.05, 0.1) is 42.7 Å². The molecule has 1 aromatic heterocycles. The number of allylic oxidation sites excluding steroid dienone is 1. The fraction of sp³-hybridized carbons (Fsp3) is 0.467. The number of methoxy groups -OCH3 is 1. The Bertz CT molecular complexity index is 1250. The lowest BCUT2D eigenvalue weighted by Crippen LogP contribution is -2.35. The van der Waals surface area contributed by atoms with E-state index in [1.807, 2.05) is 23.6 Å². The summed E-state index contributed by atoms with van der Waals surface area (Å²) in [5.74, 6) is -0.760. The number of benzene rings is 1. The molecule has 0 bridgehead atoms. The molecule has 6 nitrogen and oxygen atoms in total. The van der Waals surface area contributed by atoms with Gasteiger partial charge in [-0.25, -0.2) is 0 Å². The van der Waals surface area contributed by atoms with Crippen molar-refractivity contribution in [2.75, 3.05) is 20.3 Å². The van der Waals surface area contributed by atoms with Crippen molar-refractivity contribution in [3.05, 3.63) is 67.9 Å². The summed E-state index contributed by atoms with van der Waals surface area (Å²) in [6, 6.07) is 8.95. The molecule has 2 fully saturated rings. The summed E-state index contributed by atoms with van der Waals surface area (Å²) in [5.41, 5.74) is 4.44. The second kappa shape index (κ2) is 11.7. The lowest BCUT2D eigenvalue weighted by atomic mass is 9.69. The van der Waals surface area contributed by atoms with Crippen molar-refractivity contribution in [3.63, 3.8) is 0 Å². The maximum Gasteiger partial charge on any atom is 0.234 e. The third-order valence-corrected chi connectivity index (χ3v) is 9.14. The molecule has 5 rings (SSSR count). The number of rotatable bonds is 10. The van der Waals surface area contributed by atoms with Gasteiger partial charge < -0.3 is 14.6 Å². The van der Waals surface area contributed by atoms with E-state index < -0.39 is 0 Å². The van der Waals surface area contributed by atoms with Crippen LogP contribution >= 0.6 is 22.9 Å². The molecule has 202 valence electrons. The van der Waals surface area contributed by atoms with Crippen LogP contribution in [0.1, 0.15) is 49.5 Å². The van der Waals surface area contributed by atoms with Gasteiger partial charge >= 0.3 is 0 Å². The first-order chi connectivity index (χ1) is 18.4. The Morgan fingerprint density at radius 2 is 2.08 bits per heavy atom. The van der Waals surface area contributed by atoms with Gasteiger partial charge in [-0.2, -0.15) is 0 Å². The normalized spacial score (nSPS) is 25.3. The molecule has 4 atom stereocenters. The number of imide groups is 1. The topological polar surface area (TPSA) is 76.1 Å². The minimum atomic E-state index is -0.357. The molecule has 38 heavy (non-hydrogen) atoms. The van der Waals surface area contributed by atoms with Crippen LogP contribution in [0.5, 0.6) is 5.75 Å². The Morgan fingerprint density at radius 3 is 2.79 bits per heavy atom. The standard InChI is InChI=1S/C30H34ClNO5S/c1-3-5-18(12-19-8-9-21(33)14-25(19)31)7-10-26-27-20(16-36-2)13-23-28(24(27)17-37-26)30(35)32(29(23)34)15-22-6-4-11-38-22/h4,6,8-9,11-12,14,23-24,26,28,33H,3,5,7,10,13,15-17H2,1-2H3/b18-12+/t23-,24+,26-,28-/m1/s1. The molecule has 8 heteroatoms. The van der Waals surface area contributed by atoms with E-state index in [1.165, 1.54) is 16.0 Å². The highest BCUT2D eigenvalue weighted by Crippen LogP contribution is 2.50. The third-order valence-electron chi connectivity index (χ3n) is 7.95. The van der Waals surface area contributed by atoms with Gasteiger partial charge in [0.1, 0.15) is 5.75 Å². The van der Waals surface area contributed by atoms with Gasteiger partial charge in [0.25, 0.3) is 0 Å². The van der Waals surface area contributed by atoms with Crippen LogP contribution in [0.25, 0.3) is 6.08 Å². The van der Waals surface area contributed by atoms with Crippen molar-refractivity contribution >= 4 is 40.8 Å². The number of thiophene rings is 1. The number of phenols is 1. The number of phenolic OH excluding ortho intramolecular Hbond substituents is 1. The van der Waals surface area contributed by atoms with E-state index in [9.17, 15) is 14.7 Å². The quantitative estimate of drug-likeness (QED) is 0.278. The van der Waals surface area contributed by atoms with Crippen LogP contribution in [0.4, 0.5) is 0 Å². The highest BCUT2D eigenvalue weighted by molar-refractivity contribution is 7.09. The highest BCUT2D eigenvalue weighted by Gasteiger charge is 2.56. The van der Waals surface area contributed by atoms with Crippen molar-refractivity contribution in [2.24, 2.45) is 17.8 Å². The Kier molecular flexibility index (Phi) is 8.38. The van der Waals surface area contributed by atoms with Gasteiger partial charge in [-0.1, -0.05) is 42.7 Å². The number of amides is 2. The number of aromatic hydroxyl groups is 1. The number of carbonyl (C=O) groups is 2. The molecule has 2 saturated heterocycles. The maximum atomic E-state index is 13.6. The average molecular weight is 556 g/mol. The number of halogens is 1. The Labute approximate surface area is 232 Å². The number of hydrogen-bond acceptors (Lipinski definition) is 6. The van der Waals surface area contributed by atoms with Crippen molar-refractivity contribution in [2.45, 2.75) is 51.7 Å². The summed E-state index contributed by atoms with van der Waals surface area (Å²) in [6.07, 6.45) is 6.13. The van der Waals surface area contributed by atoms with E-state index in [4.69, 9.17) is 21.1 Å². The van der Waals surface area contributed by atoms with E-state index in [2.05, 4.69) is 13.0 Å². The number of nitrogens with zero attached hydrogens (tertiary/aromatic N) is 1. The second-order valence-corrected chi connectivity index (χ2v) is 11.8. The summed E-state index contributed by atoms with van der Waals surface area (Å²) in [7, 11) is 1.67. The number of hydrogen-bond donors (Lipinski definition) is 1. The summed E-state index contributed by atoms with van der Waals surface area (Å²) in [4.78, 5) is 29.4. The second-order valence-electron chi connectivity index (χ2n) is 10.4. The summed E-state index contributed by atoms with van der Waals surface area (Å²) >= 11 is 7.93. The van der Waals surface area contributed by atoms with Gasteiger partial charge in [-0.15, -0.1) is 11.3 Å². The first kappa shape index (κ1) is 27.1. The summed E-state index contributed by atoms with van der Waals surface area (Å²) < 4.78 is 11.9. The van der Waals surface area contributed by atoms with Gasteiger partial charge in [-0.3, -0.25) is 14.5 Å². The maximum absolute atomic E-state index is 13.6. The molecule has 0 spiro atoms. The lowest BCUT2D eigenvalue weighted by Gasteiger charge is -2.31. The monoisotopic (exact) mass is 555 g/mol. The Morgan fingerprint density at radius 1 is 1.24 bits per heavy atom. The minimum absolute atomic E-state index is 0.0647. The number of ether oxygens (including phenoxy) is 2. The zero-order valence-corrected chi connectivity index (χ0v) is 23.4. The van der Waals surface area contributed by atoms with Crippen LogP contribution in [0.2, 0.25) is 5.02 Å².